The van der Waals surface area contributed by atoms with Crippen LogP contribution in [-0.4, -0.2) is 40.8 Å². The van der Waals surface area contributed by atoms with Crippen molar-refractivity contribution in [3.05, 3.63) is 93.1 Å². The molecular weight excluding hydrogens is 414 g/mol. The van der Waals surface area contributed by atoms with Crippen LogP contribution in [-0.2, 0) is 30.9 Å². The number of hydrogen-bond donors (Lipinski definition) is 0. The summed E-state index contributed by atoms with van der Waals surface area (Å²) in [6, 6.07) is 15.5. The summed E-state index contributed by atoms with van der Waals surface area (Å²) in [7, 11) is 0. The van der Waals surface area contributed by atoms with Crippen LogP contribution in [0.5, 0.6) is 5.75 Å². The molecule has 0 amide bonds. The third kappa shape index (κ3) is 6.40. The van der Waals surface area contributed by atoms with Gasteiger partial charge in [-0.15, -0.1) is 0 Å². The molecule has 0 atom stereocenters. The molecule has 1 saturated heterocycles. The third-order valence-electron chi connectivity index (χ3n) is 5.32. The van der Waals surface area contributed by atoms with Gasteiger partial charge in [-0.25, -0.2) is 0 Å². The molecule has 0 saturated carbocycles. The maximum Gasteiger partial charge on any atom is 0.254 e. The molecule has 0 N–H and O–H groups in total. The van der Waals surface area contributed by atoms with E-state index in [2.05, 4.69) is 34.1 Å². The van der Waals surface area contributed by atoms with E-state index in [9.17, 15) is 4.79 Å². The Morgan fingerprint density at radius 3 is 2.52 bits per heavy atom. The van der Waals surface area contributed by atoms with Crippen molar-refractivity contribution in [2.24, 2.45) is 0 Å². The summed E-state index contributed by atoms with van der Waals surface area (Å²) < 4.78 is 12.8. The molecule has 1 aliphatic heterocycles. The van der Waals surface area contributed by atoms with Crippen molar-refractivity contribution in [1.82, 2.24) is 14.5 Å². The molecule has 1 aliphatic rings. The fourth-order valence-corrected chi connectivity index (χ4v) is 3.60. The molecule has 162 valence electrons. The van der Waals surface area contributed by atoms with Gasteiger partial charge in [-0.05, 0) is 35.7 Å². The van der Waals surface area contributed by atoms with Crippen molar-refractivity contribution in [2.45, 2.75) is 26.1 Å². The van der Waals surface area contributed by atoms with Gasteiger partial charge in [-0.2, -0.15) is 0 Å². The number of pyridine rings is 2. The Kier molecular flexibility index (Phi) is 7.35. The van der Waals surface area contributed by atoms with E-state index in [1.54, 1.807) is 29.1 Å². The topological polar surface area (TPSA) is 56.6 Å². The predicted molar refractivity (Wildman–Crippen MR) is 121 cm³/mol. The largest absolute Gasteiger partial charge is 0.487 e. The number of ether oxygens (including phenoxy) is 2. The zero-order chi connectivity index (χ0) is 21.5. The van der Waals surface area contributed by atoms with E-state index in [4.69, 9.17) is 21.1 Å². The van der Waals surface area contributed by atoms with Crippen molar-refractivity contribution in [3.8, 4) is 5.75 Å². The van der Waals surface area contributed by atoms with Crippen LogP contribution in [0.15, 0.2) is 65.7 Å². The molecule has 1 fully saturated rings. The van der Waals surface area contributed by atoms with E-state index in [-0.39, 0.29) is 12.2 Å². The molecule has 2 aromatic heterocycles. The number of halogens is 1. The highest BCUT2D eigenvalue weighted by molar-refractivity contribution is 6.30. The summed E-state index contributed by atoms with van der Waals surface area (Å²) >= 11 is 5.83. The second kappa shape index (κ2) is 10.6. The molecular formula is C24H26ClN3O3. The van der Waals surface area contributed by atoms with Crippen molar-refractivity contribution < 1.29 is 9.47 Å². The highest BCUT2D eigenvalue weighted by Gasteiger charge is 2.10. The first kappa shape index (κ1) is 21.6. The molecule has 0 bridgehead atoms. The first-order valence-corrected chi connectivity index (χ1v) is 10.9. The highest BCUT2D eigenvalue weighted by Crippen LogP contribution is 2.12. The maximum atomic E-state index is 12.4. The quantitative estimate of drug-likeness (QED) is 0.537. The Balaban J connectivity index is 1.28. The average molecular weight is 440 g/mol. The van der Waals surface area contributed by atoms with E-state index in [1.807, 2.05) is 6.07 Å². The van der Waals surface area contributed by atoms with E-state index < -0.39 is 0 Å². The molecule has 0 spiro atoms. The minimum atomic E-state index is -0.0782. The summed E-state index contributed by atoms with van der Waals surface area (Å²) in [6.45, 7) is 5.47. The summed E-state index contributed by atoms with van der Waals surface area (Å²) in [6.07, 6.45) is 4.15. The SMILES string of the molecule is O=c1cc(OCc2ccc(Cl)cn2)ccn1CCc1ccc(CN2CCOCC2)cc1. The van der Waals surface area contributed by atoms with Crippen LogP contribution >= 0.6 is 11.6 Å². The number of aryl methyl sites for hydroxylation is 2. The van der Waals surface area contributed by atoms with Gasteiger partial charge in [0.15, 0.2) is 0 Å². The molecule has 0 aliphatic carbocycles. The maximum absolute atomic E-state index is 12.4. The number of benzene rings is 1. The number of hydrogen-bond acceptors (Lipinski definition) is 5. The van der Waals surface area contributed by atoms with E-state index in [1.165, 1.54) is 17.2 Å². The van der Waals surface area contributed by atoms with Gasteiger partial charge >= 0.3 is 0 Å². The molecule has 7 heteroatoms. The van der Waals surface area contributed by atoms with Crippen molar-refractivity contribution in [3.63, 3.8) is 0 Å². The number of morpholine rings is 1. The van der Waals surface area contributed by atoms with E-state index >= 15 is 0 Å². The Hall–Kier alpha value is -2.67. The first-order valence-electron chi connectivity index (χ1n) is 10.5. The summed E-state index contributed by atoms with van der Waals surface area (Å²) in [4.78, 5) is 19.0. The van der Waals surface area contributed by atoms with Crippen LogP contribution in [0.1, 0.15) is 16.8 Å². The van der Waals surface area contributed by atoms with Gasteiger partial charge in [0.05, 0.1) is 23.9 Å². The molecule has 31 heavy (non-hydrogen) atoms. The van der Waals surface area contributed by atoms with Gasteiger partial charge in [-0.3, -0.25) is 14.7 Å². The van der Waals surface area contributed by atoms with Gasteiger partial charge in [0.1, 0.15) is 12.4 Å². The summed E-state index contributed by atoms with van der Waals surface area (Å²) in [5.41, 5.74) is 3.20. The fourth-order valence-electron chi connectivity index (χ4n) is 3.49. The minimum Gasteiger partial charge on any atom is -0.487 e. The zero-order valence-electron chi connectivity index (χ0n) is 17.4. The molecule has 0 radical (unpaired) electrons. The smallest absolute Gasteiger partial charge is 0.254 e. The number of rotatable bonds is 8. The lowest BCUT2D eigenvalue weighted by Gasteiger charge is -2.26. The molecule has 1 aromatic carbocycles. The molecule has 3 aromatic rings. The number of aromatic nitrogens is 2. The Morgan fingerprint density at radius 1 is 1.03 bits per heavy atom. The summed E-state index contributed by atoms with van der Waals surface area (Å²) in [5, 5.41) is 0.582. The lowest BCUT2D eigenvalue weighted by molar-refractivity contribution is 0.0342. The fraction of sp³-hybridized carbons (Fsp3) is 0.333. The Labute approximate surface area is 187 Å². The molecule has 0 unspecified atom stereocenters. The monoisotopic (exact) mass is 439 g/mol. The average Bonchev–Trinajstić information content (AvgIpc) is 2.80. The lowest BCUT2D eigenvalue weighted by atomic mass is 10.1. The normalized spacial score (nSPS) is 14.5. The van der Waals surface area contributed by atoms with Crippen molar-refractivity contribution in [1.29, 1.82) is 0 Å². The highest BCUT2D eigenvalue weighted by atomic mass is 35.5. The third-order valence-corrected chi connectivity index (χ3v) is 5.54. The van der Waals surface area contributed by atoms with Crippen LogP contribution in [0.4, 0.5) is 0 Å². The summed E-state index contributed by atoms with van der Waals surface area (Å²) in [5.74, 6) is 0.533. The second-order valence-corrected chi connectivity index (χ2v) is 8.04. The molecule has 3 heterocycles. The Bertz CT molecular complexity index is 1030. The molecule has 4 rings (SSSR count). The molecule has 6 nitrogen and oxygen atoms in total. The number of nitrogens with zero attached hydrogens (tertiary/aromatic N) is 3. The van der Waals surface area contributed by atoms with E-state index in [0.29, 0.717) is 17.3 Å². The first-order chi connectivity index (χ1) is 15.2. The van der Waals surface area contributed by atoms with Crippen molar-refractivity contribution in [2.75, 3.05) is 26.3 Å². The van der Waals surface area contributed by atoms with Crippen LogP contribution in [0.2, 0.25) is 5.02 Å². The van der Waals surface area contributed by atoms with Crippen LogP contribution in [0, 0.1) is 0 Å². The van der Waals surface area contributed by atoms with Gasteiger partial charge in [0.2, 0.25) is 0 Å². The van der Waals surface area contributed by atoms with Crippen molar-refractivity contribution >= 4 is 11.6 Å². The minimum absolute atomic E-state index is 0.0782. The zero-order valence-corrected chi connectivity index (χ0v) is 18.1. The standard InChI is InChI=1S/C24H26ClN3O3/c25-21-5-6-22(26-16-21)18-31-23-8-10-28(24(29)15-23)9-7-19-1-3-20(4-2-19)17-27-11-13-30-14-12-27/h1-6,8,10,15-16H,7,9,11-14,17-18H2. The van der Waals surface area contributed by atoms with E-state index in [0.717, 1.165) is 45.0 Å². The van der Waals surface area contributed by atoms with Gasteiger partial charge in [0.25, 0.3) is 5.56 Å². The van der Waals surface area contributed by atoms with Gasteiger partial charge in [0, 0.05) is 44.6 Å². The van der Waals surface area contributed by atoms with Crippen LogP contribution < -0.4 is 10.3 Å². The van der Waals surface area contributed by atoms with Crippen LogP contribution in [0.25, 0.3) is 0 Å². The predicted octanol–water partition coefficient (Wildman–Crippen LogP) is 3.55. The second-order valence-electron chi connectivity index (χ2n) is 7.61. The van der Waals surface area contributed by atoms with Gasteiger partial charge in [-0.1, -0.05) is 35.9 Å². The van der Waals surface area contributed by atoms with Gasteiger partial charge < -0.3 is 14.0 Å². The lowest BCUT2D eigenvalue weighted by Crippen LogP contribution is -2.35. The van der Waals surface area contributed by atoms with Crippen LogP contribution in [0.3, 0.4) is 0 Å². The Morgan fingerprint density at radius 2 is 1.81 bits per heavy atom.